The van der Waals surface area contributed by atoms with Crippen molar-refractivity contribution in [1.82, 2.24) is 20.3 Å². The molecular formula is C13H19BrN4O. The smallest absolute Gasteiger partial charge is 0.158 e. The van der Waals surface area contributed by atoms with Crippen LogP contribution in [-0.4, -0.2) is 21.0 Å². The number of aryl methyl sites for hydroxylation is 1. The Balaban J connectivity index is 2.05. The van der Waals surface area contributed by atoms with Crippen LogP contribution in [0.3, 0.4) is 0 Å². The third-order valence-corrected chi connectivity index (χ3v) is 4.05. The van der Waals surface area contributed by atoms with Crippen LogP contribution in [0.1, 0.15) is 36.7 Å². The number of hydrogen-bond donors (Lipinski definition) is 1. The standard InChI is InChI=1S/C13H19BrN4O/c1-8(2)15-6-11-5-12(19-17-11)7-18-10(4)13(14)9(3)16-18/h5,8,15H,6-7H2,1-4H3. The monoisotopic (exact) mass is 326 g/mol. The van der Waals surface area contributed by atoms with Crippen LogP contribution in [0.2, 0.25) is 0 Å². The summed E-state index contributed by atoms with van der Waals surface area (Å²) in [6.45, 7) is 9.55. The number of aromatic nitrogens is 3. The van der Waals surface area contributed by atoms with Crippen molar-refractivity contribution in [2.24, 2.45) is 0 Å². The van der Waals surface area contributed by atoms with E-state index in [2.05, 4.69) is 45.3 Å². The Morgan fingerprint density at radius 3 is 2.74 bits per heavy atom. The fourth-order valence-corrected chi connectivity index (χ4v) is 2.08. The van der Waals surface area contributed by atoms with E-state index in [1.165, 1.54) is 0 Å². The molecule has 0 fully saturated rings. The lowest BCUT2D eigenvalue weighted by Crippen LogP contribution is -2.21. The maximum absolute atomic E-state index is 5.34. The number of nitrogens with zero attached hydrogens (tertiary/aromatic N) is 3. The first kappa shape index (κ1) is 14.3. The first-order valence-electron chi connectivity index (χ1n) is 6.34. The van der Waals surface area contributed by atoms with E-state index in [0.29, 0.717) is 12.6 Å². The molecule has 2 aromatic rings. The topological polar surface area (TPSA) is 55.9 Å². The van der Waals surface area contributed by atoms with Crippen LogP contribution >= 0.6 is 15.9 Å². The highest BCUT2D eigenvalue weighted by atomic mass is 79.9. The number of nitrogens with one attached hydrogen (secondary N) is 1. The molecule has 1 N–H and O–H groups in total. The molecule has 0 spiro atoms. The molecule has 19 heavy (non-hydrogen) atoms. The molecule has 6 heteroatoms. The van der Waals surface area contributed by atoms with Crippen molar-refractivity contribution in [2.75, 3.05) is 0 Å². The van der Waals surface area contributed by atoms with Crippen LogP contribution < -0.4 is 5.32 Å². The fraction of sp³-hybridized carbons (Fsp3) is 0.538. The third kappa shape index (κ3) is 3.45. The second-order valence-electron chi connectivity index (χ2n) is 4.96. The lowest BCUT2D eigenvalue weighted by Gasteiger charge is -2.03. The Labute approximate surface area is 121 Å². The minimum atomic E-state index is 0.437. The molecule has 0 aliphatic heterocycles. The van der Waals surface area contributed by atoms with Crippen molar-refractivity contribution in [3.63, 3.8) is 0 Å². The second-order valence-corrected chi connectivity index (χ2v) is 5.76. The van der Waals surface area contributed by atoms with E-state index < -0.39 is 0 Å². The Morgan fingerprint density at radius 1 is 1.42 bits per heavy atom. The minimum Gasteiger partial charge on any atom is -0.359 e. The molecule has 2 aromatic heterocycles. The highest BCUT2D eigenvalue weighted by Crippen LogP contribution is 2.20. The Morgan fingerprint density at radius 2 is 2.16 bits per heavy atom. The van der Waals surface area contributed by atoms with E-state index in [-0.39, 0.29) is 0 Å². The van der Waals surface area contributed by atoms with Gasteiger partial charge in [-0.25, -0.2) is 0 Å². The second kappa shape index (κ2) is 5.88. The van der Waals surface area contributed by atoms with Gasteiger partial charge in [0.25, 0.3) is 0 Å². The first-order valence-corrected chi connectivity index (χ1v) is 7.14. The maximum atomic E-state index is 5.34. The lowest BCUT2D eigenvalue weighted by molar-refractivity contribution is 0.362. The Kier molecular flexibility index (Phi) is 4.42. The molecule has 0 atom stereocenters. The first-order chi connectivity index (χ1) is 8.97. The molecule has 0 aliphatic rings. The molecular weight excluding hydrogens is 308 g/mol. The van der Waals surface area contributed by atoms with Gasteiger partial charge in [0.15, 0.2) is 5.76 Å². The molecule has 0 aromatic carbocycles. The minimum absolute atomic E-state index is 0.437. The zero-order valence-corrected chi connectivity index (χ0v) is 13.3. The molecule has 0 saturated carbocycles. The van der Waals surface area contributed by atoms with Crippen molar-refractivity contribution >= 4 is 15.9 Å². The predicted octanol–water partition coefficient (Wildman–Crippen LogP) is 2.80. The molecule has 5 nitrogen and oxygen atoms in total. The van der Waals surface area contributed by atoms with Gasteiger partial charge in [0.05, 0.1) is 21.6 Å². The molecule has 0 amide bonds. The maximum Gasteiger partial charge on any atom is 0.158 e. The van der Waals surface area contributed by atoms with E-state index in [1.54, 1.807) is 0 Å². The molecule has 104 valence electrons. The summed E-state index contributed by atoms with van der Waals surface area (Å²) in [4.78, 5) is 0. The average molecular weight is 327 g/mol. The predicted molar refractivity (Wildman–Crippen MR) is 77.0 cm³/mol. The van der Waals surface area contributed by atoms with E-state index in [9.17, 15) is 0 Å². The van der Waals surface area contributed by atoms with Crippen LogP contribution in [0.4, 0.5) is 0 Å². The normalized spacial score (nSPS) is 11.5. The van der Waals surface area contributed by atoms with Crippen LogP contribution in [0.15, 0.2) is 15.1 Å². The van der Waals surface area contributed by atoms with Crippen molar-refractivity contribution in [3.05, 3.63) is 33.4 Å². The number of hydrogen-bond acceptors (Lipinski definition) is 4. The molecule has 0 radical (unpaired) electrons. The molecule has 0 saturated heterocycles. The van der Waals surface area contributed by atoms with Gasteiger partial charge in [-0.15, -0.1) is 0 Å². The zero-order chi connectivity index (χ0) is 14.0. The van der Waals surface area contributed by atoms with Gasteiger partial charge in [0.2, 0.25) is 0 Å². The summed E-state index contributed by atoms with van der Waals surface area (Å²) in [5, 5.41) is 11.8. The van der Waals surface area contributed by atoms with Gasteiger partial charge >= 0.3 is 0 Å². The van der Waals surface area contributed by atoms with E-state index >= 15 is 0 Å². The molecule has 0 bridgehead atoms. The van der Waals surface area contributed by atoms with Crippen LogP contribution in [0.25, 0.3) is 0 Å². The van der Waals surface area contributed by atoms with E-state index in [0.717, 1.165) is 33.9 Å². The highest BCUT2D eigenvalue weighted by Gasteiger charge is 2.11. The van der Waals surface area contributed by atoms with Crippen LogP contribution in [0.5, 0.6) is 0 Å². The fourth-order valence-electron chi connectivity index (χ4n) is 1.80. The van der Waals surface area contributed by atoms with Crippen LogP contribution in [-0.2, 0) is 13.1 Å². The van der Waals surface area contributed by atoms with Crippen molar-refractivity contribution in [3.8, 4) is 0 Å². The van der Waals surface area contributed by atoms with Gasteiger partial charge in [0, 0.05) is 18.7 Å². The molecule has 2 heterocycles. The van der Waals surface area contributed by atoms with Gasteiger partial charge in [-0.05, 0) is 29.8 Å². The van der Waals surface area contributed by atoms with Crippen molar-refractivity contribution < 1.29 is 4.52 Å². The summed E-state index contributed by atoms with van der Waals surface area (Å²) in [5.41, 5.74) is 3.00. The molecule has 0 aliphatic carbocycles. The molecule has 0 unspecified atom stereocenters. The van der Waals surface area contributed by atoms with E-state index in [1.807, 2.05) is 24.6 Å². The number of halogens is 1. The Hall–Kier alpha value is -1.14. The van der Waals surface area contributed by atoms with Gasteiger partial charge in [0.1, 0.15) is 6.54 Å². The Bertz CT molecular complexity index is 559. The molecule has 2 rings (SSSR count). The quantitative estimate of drug-likeness (QED) is 0.917. The van der Waals surface area contributed by atoms with Gasteiger partial charge in [-0.2, -0.15) is 5.10 Å². The van der Waals surface area contributed by atoms with Crippen LogP contribution in [0, 0.1) is 13.8 Å². The summed E-state index contributed by atoms with van der Waals surface area (Å²) in [7, 11) is 0. The summed E-state index contributed by atoms with van der Waals surface area (Å²) in [6.07, 6.45) is 0. The third-order valence-electron chi connectivity index (χ3n) is 2.90. The van der Waals surface area contributed by atoms with Gasteiger partial charge in [-0.3, -0.25) is 4.68 Å². The van der Waals surface area contributed by atoms with Gasteiger partial charge < -0.3 is 9.84 Å². The zero-order valence-electron chi connectivity index (χ0n) is 11.7. The van der Waals surface area contributed by atoms with Crippen molar-refractivity contribution in [1.29, 1.82) is 0 Å². The van der Waals surface area contributed by atoms with Gasteiger partial charge in [-0.1, -0.05) is 19.0 Å². The van der Waals surface area contributed by atoms with E-state index in [4.69, 9.17) is 4.52 Å². The summed E-state index contributed by atoms with van der Waals surface area (Å²) in [6, 6.07) is 2.41. The summed E-state index contributed by atoms with van der Waals surface area (Å²) in [5.74, 6) is 0.818. The number of rotatable bonds is 5. The highest BCUT2D eigenvalue weighted by molar-refractivity contribution is 9.10. The SMILES string of the molecule is Cc1nn(Cc2cc(CNC(C)C)no2)c(C)c1Br. The average Bonchev–Trinajstić information content (AvgIpc) is 2.89. The van der Waals surface area contributed by atoms with Crippen molar-refractivity contribution in [2.45, 2.75) is 46.8 Å². The largest absolute Gasteiger partial charge is 0.359 e. The summed E-state index contributed by atoms with van der Waals surface area (Å²) < 4.78 is 8.30. The summed E-state index contributed by atoms with van der Waals surface area (Å²) >= 11 is 3.52. The lowest BCUT2D eigenvalue weighted by atomic mass is 10.3.